The van der Waals surface area contributed by atoms with Crippen molar-refractivity contribution in [1.82, 2.24) is 9.78 Å². The van der Waals surface area contributed by atoms with Crippen LogP contribution < -0.4 is 20.7 Å². The number of ether oxygens (including phenoxy) is 2. The zero-order valence-corrected chi connectivity index (χ0v) is 15.8. The third-order valence-corrected chi connectivity index (χ3v) is 4.89. The first-order valence-corrected chi connectivity index (χ1v) is 9.09. The number of nitrogens with two attached hydrogens (primary N) is 1. The van der Waals surface area contributed by atoms with Crippen molar-refractivity contribution in [2.45, 2.75) is 31.7 Å². The van der Waals surface area contributed by atoms with Crippen molar-refractivity contribution in [2.75, 3.05) is 23.4 Å². The summed E-state index contributed by atoms with van der Waals surface area (Å²) in [5.41, 5.74) is 6.93. The molecule has 2 atom stereocenters. The summed E-state index contributed by atoms with van der Waals surface area (Å²) in [5.74, 6) is -0.212. The summed E-state index contributed by atoms with van der Waals surface area (Å²) < 4.78 is 51.7. The van der Waals surface area contributed by atoms with Gasteiger partial charge in [0.1, 0.15) is 25.0 Å². The minimum atomic E-state index is -4.65. The molecule has 1 aromatic carbocycles. The molecule has 1 fully saturated rings. The number of carbonyl (C=O) groups is 2. The molecule has 1 aromatic heterocycles. The predicted molar refractivity (Wildman–Crippen MR) is 99.1 cm³/mol. The van der Waals surface area contributed by atoms with Crippen LogP contribution in [0.5, 0.6) is 5.75 Å². The average Bonchev–Trinajstić information content (AvgIpc) is 3.21. The van der Waals surface area contributed by atoms with Crippen molar-refractivity contribution in [2.24, 2.45) is 5.73 Å². The molecular weight excluding hydrogens is 407 g/mol. The maximum absolute atomic E-state index is 13.3. The largest absolute Gasteiger partial charge is 0.491 e. The van der Waals surface area contributed by atoms with Crippen LogP contribution in [0.1, 0.15) is 6.92 Å². The van der Waals surface area contributed by atoms with E-state index in [0.717, 1.165) is 0 Å². The number of primary amides is 1. The summed E-state index contributed by atoms with van der Waals surface area (Å²) in [6, 6.07) is 3.75. The molecule has 2 aliphatic rings. The zero-order valence-electron chi connectivity index (χ0n) is 15.8. The molecule has 2 aliphatic heterocycles. The molecule has 9 nitrogen and oxygen atoms in total. The average molecular weight is 425 g/mol. The topological polar surface area (TPSA) is 112 Å². The van der Waals surface area contributed by atoms with E-state index < -0.39 is 36.9 Å². The van der Waals surface area contributed by atoms with Crippen LogP contribution in [-0.4, -0.2) is 53.3 Å². The molecule has 4 rings (SSSR count). The lowest BCUT2D eigenvalue weighted by atomic mass is 10.1. The van der Waals surface area contributed by atoms with E-state index in [9.17, 15) is 22.8 Å². The number of benzene rings is 1. The summed E-state index contributed by atoms with van der Waals surface area (Å²) in [7, 11) is 0. The van der Waals surface area contributed by atoms with Crippen LogP contribution in [0, 0.1) is 0 Å². The number of anilines is 2. The van der Waals surface area contributed by atoms with E-state index in [4.69, 9.17) is 10.5 Å². The van der Waals surface area contributed by atoms with Gasteiger partial charge in [0.15, 0.2) is 11.9 Å². The van der Waals surface area contributed by atoms with Crippen LogP contribution in [0.25, 0.3) is 11.3 Å². The van der Waals surface area contributed by atoms with E-state index >= 15 is 0 Å². The number of nitrogens with zero attached hydrogens (tertiary/aromatic N) is 3. The number of rotatable bonds is 4. The Labute approximate surface area is 168 Å². The Balaban J connectivity index is 1.69. The Morgan fingerprint density at radius 1 is 1.33 bits per heavy atom. The summed E-state index contributed by atoms with van der Waals surface area (Å²) in [5, 5.41) is 7.13. The van der Waals surface area contributed by atoms with Gasteiger partial charge in [-0.25, -0.2) is 9.69 Å². The van der Waals surface area contributed by atoms with Gasteiger partial charge in [-0.05, 0) is 19.1 Å². The SMILES string of the molecule is CC(Nc1ccc2c(c1)OCCn1nc(N3C(=O)OC[C@H]3C(F)(F)F)cc1-2)C(N)=O. The van der Waals surface area contributed by atoms with Crippen molar-refractivity contribution in [3.05, 3.63) is 24.3 Å². The van der Waals surface area contributed by atoms with E-state index in [0.29, 0.717) is 27.6 Å². The molecule has 1 unspecified atom stereocenters. The highest BCUT2D eigenvalue weighted by molar-refractivity contribution is 5.90. The summed E-state index contributed by atoms with van der Waals surface area (Å²) in [4.78, 5) is 23.7. The number of aromatic nitrogens is 2. The third-order valence-electron chi connectivity index (χ3n) is 4.89. The minimum absolute atomic E-state index is 0.146. The number of hydrogen-bond donors (Lipinski definition) is 2. The van der Waals surface area contributed by atoms with Crippen molar-refractivity contribution >= 4 is 23.5 Å². The van der Waals surface area contributed by atoms with E-state index in [1.165, 1.54) is 10.7 Å². The second kappa shape index (κ2) is 7.11. The first-order valence-electron chi connectivity index (χ1n) is 9.09. The molecule has 0 radical (unpaired) electrons. The highest BCUT2D eigenvalue weighted by atomic mass is 19.4. The lowest BCUT2D eigenvalue weighted by molar-refractivity contribution is -0.147. The Kier molecular flexibility index (Phi) is 4.71. The molecule has 0 bridgehead atoms. The molecule has 0 saturated carbocycles. The molecule has 12 heteroatoms. The summed E-state index contributed by atoms with van der Waals surface area (Å²) in [6.45, 7) is 1.31. The molecule has 3 heterocycles. The van der Waals surface area contributed by atoms with E-state index in [-0.39, 0.29) is 19.0 Å². The van der Waals surface area contributed by atoms with Gasteiger partial charge in [-0.1, -0.05) is 0 Å². The van der Waals surface area contributed by atoms with Gasteiger partial charge < -0.3 is 20.5 Å². The van der Waals surface area contributed by atoms with Gasteiger partial charge in [-0.15, -0.1) is 0 Å². The zero-order chi connectivity index (χ0) is 21.6. The maximum atomic E-state index is 13.3. The van der Waals surface area contributed by atoms with Gasteiger partial charge in [0.2, 0.25) is 5.91 Å². The van der Waals surface area contributed by atoms with Crippen LogP contribution in [0.4, 0.5) is 29.5 Å². The highest BCUT2D eigenvalue weighted by Crippen LogP contribution is 2.39. The van der Waals surface area contributed by atoms with E-state index in [1.807, 2.05) is 0 Å². The molecular formula is C18H18F3N5O4. The van der Waals surface area contributed by atoms with Crippen LogP contribution >= 0.6 is 0 Å². The normalized spacial score (nSPS) is 19.3. The number of hydrogen-bond acceptors (Lipinski definition) is 6. The number of amides is 2. The Morgan fingerprint density at radius 2 is 2.10 bits per heavy atom. The standard InChI is InChI=1S/C18H18F3N5O4/c1-9(16(22)27)23-10-2-3-11-12-7-15(24-25(12)4-5-29-13(11)6-10)26-14(18(19,20)21)8-30-17(26)28/h2-3,6-7,9,14,23H,4-5,8H2,1H3,(H2,22,27)/t9?,14-/m0/s1. The van der Waals surface area contributed by atoms with Crippen LogP contribution in [-0.2, 0) is 16.1 Å². The van der Waals surface area contributed by atoms with Crippen molar-refractivity contribution in [1.29, 1.82) is 0 Å². The van der Waals surface area contributed by atoms with Gasteiger partial charge in [0.25, 0.3) is 0 Å². The monoisotopic (exact) mass is 425 g/mol. The first kappa shape index (κ1) is 19.9. The number of fused-ring (bicyclic) bond motifs is 3. The van der Waals surface area contributed by atoms with Crippen molar-refractivity contribution < 1.29 is 32.2 Å². The predicted octanol–water partition coefficient (Wildman–Crippen LogP) is 2.12. The fourth-order valence-corrected chi connectivity index (χ4v) is 3.33. The highest BCUT2D eigenvalue weighted by Gasteiger charge is 2.52. The smallest absolute Gasteiger partial charge is 0.416 e. The number of alkyl halides is 3. The molecule has 2 amide bonds. The molecule has 0 spiro atoms. The van der Waals surface area contributed by atoms with Crippen LogP contribution in [0.2, 0.25) is 0 Å². The van der Waals surface area contributed by atoms with Gasteiger partial charge in [0.05, 0.1) is 12.2 Å². The Bertz CT molecular complexity index is 1010. The fraction of sp³-hybridized carbons (Fsp3) is 0.389. The van der Waals surface area contributed by atoms with Crippen molar-refractivity contribution in [3.63, 3.8) is 0 Å². The van der Waals surface area contributed by atoms with Crippen LogP contribution in [0.15, 0.2) is 24.3 Å². The lowest BCUT2D eigenvalue weighted by Gasteiger charge is -2.21. The fourth-order valence-electron chi connectivity index (χ4n) is 3.33. The van der Waals surface area contributed by atoms with E-state index in [2.05, 4.69) is 15.2 Å². The van der Waals surface area contributed by atoms with Gasteiger partial charge in [-0.3, -0.25) is 9.48 Å². The second-order valence-electron chi connectivity index (χ2n) is 6.94. The number of nitrogens with one attached hydrogen (secondary N) is 1. The molecule has 3 N–H and O–H groups in total. The molecule has 160 valence electrons. The number of cyclic esters (lactones) is 1. The van der Waals surface area contributed by atoms with Crippen molar-refractivity contribution in [3.8, 4) is 17.0 Å². The van der Waals surface area contributed by atoms with Gasteiger partial charge in [0, 0.05) is 23.4 Å². The van der Waals surface area contributed by atoms with Crippen LogP contribution in [0.3, 0.4) is 0 Å². The number of halogens is 3. The molecule has 0 aliphatic carbocycles. The van der Waals surface area contributed by atoms with Gasteiger partial charge in [-0.2, -0.15) is 18.3 Å². The van der Waals surface area contributed by atoms with Gasteiger partial charge >= 0.3 is 12.3 Å². The second-order valence-corrected chi connectivity index (χ2v) is 6.94. The molecule has 1 saturated heterocycles. The summed E-state index contributed by atoms with van der Waals surface area (Å²) >= 11 is 0. The van der Waals surface area contributed by atoms with E-state index in [1.54, 1.807) is 25.1 Å². The minimum Gasteiger partial charge on any atom is -0.491 e. The molecule has 30 heavy (non-hydrogen) atoms. The Morgan fingerprint density at radius 3 is 2.80 bits per heavy atom. The third kappa shape index (κ3) is 3.48. The number of carbonyl (C=O) groups excluding carboxylic acids is 2. The lowest BCUT2D eigenvalue weighted by Crippen LogP contribution is -2.44. The Hall–Kier alpha value is -3.44. The first-order chi connectivity index (χ1) is 14.1. The molecule has 2 aromatic rings. The quantitative estimate of drug-likeness (QED) is 0.776. The summed E-state index contributed by atoms with van der Waals surface area (Å²) in [6.07, 6.45) is -5.74. The maximum Gasteiger partial charge on any atom is 0.416 e.